The van der Waals surface area contributed by atoms with Crippen molar-refractivity contribution in [3.05, 3.63) is 95.9 Å². The Labute approximate surface area is 467 Å². The third-order valence-electron chi connectivity index (χ3n) is 18.2. The second kappa shape index (κ2) is 30.1. The fraction of sp³-hybridized carbons (Fsp3) is 0.692. The smallest absolute Gasteiger partial charge is 0.200 e. The molecule has 0 spiro atoms. The maximum atomic E-state index is 14.0. The summed E-state index contributed by atoms with van der Waals surface area (Å²) in [5.41, 5.74) is 0.301. The van der Waals surface area contributed by atoms with Gasteiger partial charge in [0.15, 0.2) is 5.43 Å². The predicted molar refractivity (Wildman–Crippen MR) is 325 cm³/mol. The molecule has 10 nitrogen and oxygen atoms in total. The minimum Gasteiger partial charge on any atom is -0.508 e. The molecule has 1 aromatic heterocycles. The average Bonchev–Trinajstić information content (AvgIpc) is 3.36. The summed E-state index contributed by atoms with van der Waals surface area (Å²) in [5, 5.41) is 30.2. The number of fused-ring (bicyclic) bond motifs is 1. The maximum absolute atomic E-state index is 14.0. The lowest BCUT2D eigenvalue weighted by Crippen LogP contribution is -2.53. The molecule has 0 aliphatic carbocycles. The van der Waals surface area contributed by atoms with Crippen molar-refractivity contribution in [2.45, 2.75) is 197 Å². The van der Waals surface area contributed by atoms with Crippen LogP contribution in [-0.2, 0) is 20.8 Å². The number of benzene rings is 1. The van der Waals surface area contributed by atoms with E-state index < -0.39 is 11.6 Å². The van der Waals surface area contributed by atoms with Crippen LogP contribution in [0, 0.1) is 64.6 Å². The van der Waals surface area contributed by atoms with E-state index in [1.54, 1.807) is 24.2 Å². The molecule has 0 amide bonds. The molecule has 14 atom stereocenters. The van der Waals surface area contributed by atoms with Crippen molar-refractivity contribution in [3.63, 3.8) is 0 Å². The molecular formula is C65H108N4O6S. The van der Waals surface area contributed by atoms with Crippen LogP contribution < -0.4 is 16.1 Å². The van der Waals surface area contributed by atoms with Crippen LogP contribution in [0.4, 0.5) is 0 Å². The van der Waals surface area contributed by atoms with Gasteiger partial charge in [0.2, 0.25) is 0 Å². The van der Waals surface area contributed by atoms with E-state index in [9.17, 15) is 19.8 Å². The van der Waals surface area contributed by atoms with Gasteiger partial charge in [-0.05, 0) is 151 Å². The quantitative estimate of drug-likeness (QED) is 0.0313. The number of ketones is 1. The van der Waals surface area contributed by atoms with Gasteiger partial charge in [-0.3, -0.25) is 9.59 Å². The van der Waals surface area contributed by atoms with E-state index in [0.29, 0.717) is 67.3 Å². The van der Waals surface area contributed by atoms with Crippen molar-refractivity contribution < 1.29 is 24.5 Å². The lowest BCUT2D eigenvalue weighted by atomic mass is 9.61. The monoisotopic (exact) mass is 1070 g/mol. The van der Waals surface area contributed by atoms with Gasteiger partial charge >= 0.3 is 0 Å². The van der Waals surface area contributed by atoms with Crippen LogP contribution in [0.15, 0.2) is 89.8 Å². The lowest BCUT2D eigenvalue weighted by molar-refractivity contribution is -0.122. The van der Waals surface area contributed by atoms with Crippen LogP contribution in [0.5, 0.6) is 0 Å². The minimum atomic E-state index is -1.42. The zero-order valence-electron chi connectivity index (χ0n) is 51.0. The van der Waals surface area contributed by atoms with Gasteiger partial charge in [-0.2, -0.15) is 0 Å². The number of carbonyl (C=O) groups is 1. The highest BCUT2D eigenvalue weighted by molar-refractivity contribution is 7.99. The molecule has 0 saturated carbocycles. The van der Waals surface area contributed by atoms with Gasteiger partial charge in [-0.1, -0.05) is 121 Å². The summed E-state index contributed by atoms with van der Waals surface area (Å²) in [6.45, 7) is 54.6. The summed E-state index contributed by atoms with van der Waals surface area (Å²) in [6, 6.07) is 5.82. The number of aliphatic hydroxyl groups is 2. The molecule has 1 aliphatic rings. The highest BCUT2D eigenvalue weighted by atomic mass is 32.2. The molecule has 430 valence electrons. The van der Waals surface area contributed by atoms with E-state index in [2.05, 4.69) is 139 Å². The number of nitrogens with zero attached hydrogens (tertiary/aromatic N) is 2. The molecule has 1 aliphatic heterocycles. The number of aliphatic hydroxyl groups excluding tert-OH is 1. The van der Waals surface area contributed by atoms with Crippen LogP contribution >= 0.6 is 11.8 Å². The van der Waals surface area contributed by atoms with Crippen LogP contribution in [-0.4, -0.2) is 88.3 Å². The third-order valence-corrected chi connectivity index (χ3v) is 19.2. The Balaban J connectivity index is 1.92. The third kappa shape index (κ3) is 17.2. The number of hydrogen-bond donors (Lipinski definition) is 4. The second-order valence-corrected chi connectivity index (χ2v) is 25.8. The van der Waals surface area contributed by atoms with E-state index in [0.717, 1.165) is 53.8 Å². The fourth-order valence-corrected chi connectivity index (χ4v) is 13.8. The normalized spacial score (nSPS) is 26.7. The topological polar surface area (TPSA) is 125 Å². The van der Waals surface area contributed by atoms with Crippen molar-refractivity contribution in [1.82, 2.24) is 20.1 Å². The highest BCUT2D eigenvalue weighted by Gasteiger charge is 2.46. The number of aryl methyl sites for hydroxylation is 1. The molecule has 0 radical (unpaired) electrons. The lowest BCUT2D eigenvalue weighted by Gasteiger charge is -2.46. The van der Waals surface area contributed by atoms with Gasteiger partial charge in [-0.15, -0.1) is 11.8 Å². The number of thioether (sulfide) groups is 1. The Kier molecular flexibility index (Phi) is 26.4. The van der Waals surface area contributed by atoms with Crippen molar-refractivity contribution in [1.29, 1.82) is 0 Å². The van der Waals surface area contributed by atoms with Crippen LogP contribution in [0.3, 0.4) is 0 Å². The standard InChI is InChI=1S/C65H108N4O6S/c1-23-60-65(20,73)63(67-25-3)47(14)44(11)42(9)27-30-59(74-50(17)48(15)58(68(21)22)35-40(5)6)45(12)46(13)61(51(18)75-60)43(10)38-64(19,24-2)56(41(7)8)36-52(71)31-32-66-33-34-76-53-28-29-57-54(37-53)62(72)55(49(16)70)39-69(57)26-4/h23,25,28-29,37,39-43,45-48,50,56,58-59,61,63,66-67,70,73H,3,11,16,18,24,26-27,30-36,38H2,1-2,4-10,12-15,17,19-22H3/b60-23-. The number of nitrogens with one attached hydrogen (secondary N) is 2. The Hall–Kier alpha value is -3.61. The van der Waals surface area contributed by atoms with Crippen LogP contribution in [0.2, 0.25) is 0 Å². The number of Topliss-reactive ketones (excluding diaryl/α,β-unsaturated/α-hetero) is 1. The molecule has 14 unspecified atom stereocenters. The summed E-state index contributed by atoms with van der Waals surface area (Å²) in [7, 11) is 4.39. The molecular weight excluding hydrogens is 965 g/mol. The number of aromatic nitrogens is 1. The molecule has 1 fully saturated rings. The van der Waals surface area contributed by atoms with Gasteiger partial charge in [0.25, 0.3) is 0 Å². The summed E-state index contributed by atoms with van der Waals surface area (Å²) >= 11 is 1.66. The molecule has 1 aromatic carbocycles. The number of rotatable bonds is 26. The second-order valence-electron chi connectivity index (χ2n) is 24.6. The van der Waals surface area contributed by atoms with E-state index in [4.69, 9.17) is 16.1 Å². The number of hydrogen-bond acceptors (Lipinski definition) is 10. The van der Waals surface area contributed by atoms with Gasteiger partial charge in [0, 0.05) is 72.6 Å². The van der Waals surface area contributed by atoms with Gasteiger partial charge in [0.1, 0.15) is 28.7 Å². The molecule has 4 N–H and O–H groups in total. The minimum absolute atomic E-state index is 0.0207. The molecule has 2 aromatic rings. The number of pyridine rings is 1. The molecule has 2 heterocycles. The van der Waals surface area contributed by atoms with Gasteiger partial charge < -0.3 is 39.8 Å². The first kappa shape index (κ1) is 66.7. The van der Waals surface area contributed by atoms with E-state index in [1.165, 1.54) is 0 Å². The first-order valence-electron chi connectivity index (χ1n) is 29.1. The number of ether oxygens (including phenoxy) is 2. The van der Waals surface area contributed by atoms with Crippen LogP contribution in [0.1, 0.15) is 161 Å². The summed E-state index contributed by atoms with van der Waals surface area (Å²) < 4.78 is 16.3. The highest BCUT2D eigenvalue weighted by Crippen LogP contribution is 2.49. The number of allylic oxidation sites excluding steroid dienone is 2. The summed E-state index contributed by atoms with van der Waals surface area (Å²) in [6.07, 6.45) is 10.8. The van der Waals surface area contributed by atoms with Crippen molar-refractivity contribution in [2.75, 3.05) is 32.9 Å². The SMILES string of the molecule is C=CNC1C(C)C(=C)C(C)CCC(OC(C)C(C)C(CC(C)C)N(C)C)C(C)C(C)C(C(C)CC(C)(CC)C(CC(=O)CCNCCSc2ccc3c(c2)c(=O)c(C(=C)O)cn3CC)C(C)C)C(=C)O/C(=C\C)C1(C)O. The van der Waals surface area contributed by atoms with E-state index >= 15 is 0 Å². The van der Waals surface area contributed by atoms with E-state index in [-0.39, 0.29) is 87.5 Å². The largest absolute Gasteiger partial charge is 0.508 e. The fourth-order valence-electron chi connectivity index (χ4n) is 12.9. The first-order chi connectivity index (χ1) is 35.5. The molecule has 0 bridgehead atoms. The molecule has 1 saturated heterocycles. The van der Waals surface area contributed by atoms with E-state index in [1.807, 2.05) is 49.6 Å². The molecule has 3 rings (SSSR count). The van der Waals surface area contributed by atoms with Crippen molar-refractivity contribution >= 4 is 34.2 Å². The maximum Gasteiger partial charge on any atom is 0.200 e. The molecule has 11 heteroatoms. The van der Waals surface area contributed by atoms with Crippen molar-refractivity contribution in [2.24, 2.45) is 64.6 Å². The Morgan fingerprint density at radius 3 is 2.26 bits per heavy atom. The van der Waals surface area contributed by atoms with Crippen LogP contribution in [0.25, 0.3) is 16.7 Å². The summed E-state index contributed by atoms with van der Waals surface area (Å²) in [5.74, 6) is 3.48. The Bertz CT molecular complexity index is 2320. The Morgan fingerprint density at radius 1 is 1.05 bits per heavy atom. The Morgan fingerprint density at radius 2 is 1.71 bits per heavy atom. The average molecular weight is 1070 g/mol. The van der Waals surface area contributed by atoms with Gasteiger partial charge in [0.05, 0.1) is 29.3 Å². The number of carbonyl (C=O) groups excluding carboxylic acids is 1. The van der Waals surface area contributed by atoms with Gasteiger partial charge in [-0.25, -0.2) is 0 Å². The molecule has 76 heavy (non-hydrogen) atoms. The first-order valence-corrected chi connectivity index (χ1v) is 30.0. The zero-order chi connectivity index (χ0) is 57.6. The van der Waals surface area contributed by atoms with Crippen molar-refractivity contribution in [3.8, 4) is 0 Å². The zero-order valence-corrected chi connectivity index (χ0v) is 51.8. The predicted octanol–water partition coefficient (Wildman–Crippen LogP) is 14.5. The summed E-state index contributed by atoms with van der Waals surface area (Å²) in [4.78, 5) is 30.6.